The van der Waals surface area contributed by atoms with Gasteiger partial charge in [-0.2, -0.15) is 0 Å². The molecular weight excluding hydrogens is 396 g/mol. The van der Waals surface area contributed by atoms with E-state index in [-0.39, 0.29) is 5.41 Å². The minimum absolute atomic E-state index is 0.211. The Hall–Kier alpha value is -0.900. The van der Waals surface area contributed by atoms with Crippen LogP contribution in [-0.4, -0.2) is 33.1 Å². The summed E-state index contributed by atoms with van der Waals surface area (Å²) in [6, 6.07) is 0. The first-order valence-electron chi connectivity index (χ1n) is 12.9. The molecule has 3 nitrogen and oxygen atoms in total. The molecule has 0 bridgehead atoms. The van der Waals surface area contributed by atoms with E-state index in [9.17, 15) is 15.3 Å². The van der Waals surface area contributed by atoms with Gasteiger partial charge in [-0.05, 0) is 106 Å². The molecule has 3 heteroatoms. The normalized spacial score (nSPS) is 36.3. The Morgan fingerprint density at radius 1 is 1.06 bits per heavy atom. The summed E-state index contributed by atoms with van der Waals surface area (Å²) < 4.78 is 0. The van der Waals surface area contributed by atoms with Crippen LogP contribution in [0, 0.1) is 28.6 Å². The summed E-state index contributed by atoms with van der Waals surface area (Å²) >= 11 is 0. The lowest BCUT2D eigenvalue weighted by Crippen LogP contribution is -2.40. The maximum absolute atomic E-state index is 10.3. The standard InChI is InChI=1S/C29H48O3/c1-19-25(30)17-21(18-26(19)31)10-11-22-9-8-14-29(7)23(12-13-24(22)29)20(2)27(3,4)15-16-28(5,6)32/h10-11,20,23-26,30-32H,1,8-9,12-18H2,2-7H3/b22-11+/t20-,23-,24+,25-,26-,29-/m1/s1. The molecule has 3 fully saturated rings. The zero-order valence-electron chi connectivity index (χ0n) is 21.5. The van der Waals surface area contributed by atoms with Gasteiger partial charge in [0, 0.05) is 0 Å². The van der Waals surface area contributed by atoms with Gasteiger partial charge in [-0.1, -0.05) is 57.6 Å². The zero-order valence-corrected chi connectivity index (χ0v) is 21.5. The number of hydrogen-bond acceptors (Lipinski definition) is 3. The van der Waals surface area contributed by atoms with E-state index in [0.717, 1.165) is 18.4 Å². The van der Waals surface area contributed by atoms with Crippen LogP contribution in [0.4, 0.5) is 0 Å². The summed E-state index contributed by atoms with van der Waals surface area (Å²) in [4.78, 5) is 0. The van der Waals surface area contributed by atoms with Gasteiger partial charge in [0.1, 0.15) is 0 Å². The van der Waals surface area contributed by atoms with Gasteiger partial charge >= 0.3 is 0 Å². The third-order valence-electron chi connectivity index (χ3n) is 9.56. The Bertz CT molecular complexity index is 737. The van der Waals surface area contributed by atoms with Gasteiger partial charge in [-0.3, -0.25) is 0 Å². The van der Waals surface area contributed by atoms with Crippen molar-refractivity contribution in [3.8, 4) is 0 Å². The van der Waals surface area contributed by atoms with Crippen molar-refractivity contribution in [1.82, 2.24) is 0 Å². The van der Waals surface area contributed by atoms with Crippen molar-refractivity contribution in [1.29, 1.82) is 0 Å². The topological polar surface area (TPSA) is 60.7 Å². The van der Waals surface area contributed by atoms with E-state index in [1.165, 1.54) is 32.1 Å². The minimum atomic E-state index is -0.622. The van der Waals surface area contributed by atoms with Crippen molar-refractivity contribution in [3.05, 3.63) is 35.5 Å². The largest absolute Gasteiger partial charge is 0.390 e. The molecule has 0 saturated heterocycles. The monoisotopic (exact) mass is 444 g/mol. The Morgan fingerprint density at radius 2 is 1.69 bits per heavy atom. The smallest absolute Gasteiger partial charge is 0.0809 e. The van der Waals surface area contributed by atoms with E-state index in [0.29, 0.717) is 41.6 Å². The number of aliphatic hydroxyl groups excluding tert-OH is 2. The predicted molar refractivity (Wildman–Crippen MR) is 133 cm³/mol. The third-order valence-corrected chi connectivity index (χ3v) is 9.56. The van der Waals surface area contributed by atoms with E-state index in [1.54, 1.807) is 5.57 Å². The first-order valence-corrected chi connectivity index (χ1v) is 12.9. The summed E-state index contributed by atoms with van der Waals surface area (Å²) in [6.07, 6.45) is 12.6. The minimum Gasteiger partial charge on any atom is -0.390 e. The van der Waals surface area contributed by atoms with Gasteiger partial charge in [0.05, 0.1) is 17.8 Å². The van der Waals surface area contributed by atoms with Crippen LogP contribution in [0.15, 0.2) is 35.5 Å². The fourth-order valence-electron chi connectivity index (χ4n) is 6.93. The van der Waals surface area contributed by atoms with E-state index < -0.39 is 17.8 Å². The van der Waals surface area contributed by atoms with Crippen LogP contribution >= 0.6 is 0 Å². The third kappa shape index (κ3) is 5.42. The highest BCUT2D eigenvalue weighted by Crippen LogP contribution is 2.61. The van der Waals surface area contributed by atoms with Crippen LogP contribution in [-0.2, 0) is 0 Å². The molecule has 0 heterocycles. The van der Waals surface area contributed by atoms with Crippen LogP contribution < -0.4 is 0 Å². The van der Waals surface area contributed by atoms with E-state index in [1.807, 2.05) is 13.8 Å². The number of allylic oxidation sites excluding steroid dienone is 3. The Kier molecular flexibility index (Phi) is 7.55. The van der Waals surface area contributed by atoms with Crippen LogP contribution in [0.3, 0.4) is 0 Å². The molecule has 32 heavy (non-hydrogen) atoms. The van der Waals surface area contributed by atoms with E-state index in [2.05, 4.69) is 46.4 Å². The molecule has 0 amide bonds. The number of aliphatic hydroxyl groups is 3. The molecular formula is C29H48O3. The Morgan fingerprint density at radius 3 is 2.28 bits per heavy atom. The van der Waals surface area contributed by atoms with Crippen LogP contribution in [0.2, 0.25) is 0 Å². The van der Waals surface area contributed by atoms with Crippen LogP contribution in [0.25, 0.3) is 0 Å². The van der Waals surface area contributed by atoms with Crippen molar-refractivity contribution in [2.24, 2.45) is 28.6 Å². The highest BCUT2D eigenvalue weighted by atomic mass is 16.3. The van der Waals surface area contributed by atoms with Crippen molar-refractivity contribution in [2.45, 2.75) is 117 Å². The Labute approximate surface area is 196 Å². The van der Waals surface area contributed by atoms with E-state index >= 15 is 0 Å². The molecule has 0 unspecified atom stereocenters. The molecule has 0 aromatic rings. The number of rotatable bonds is 6. The average Bonchev–Trinajstić information content (AvgIpc) is 3.05. The van der Waals surface area contributed by atoms with Crippen molar-refractivity contribution in [2.75, 3.05) is 0 Å². The van der Waals surface area contributed by atoms with Crippen LogP contribution in [0.5, 0.6) is 0 Å². The van der Waals surface area contributed by atoms with Crippen molar-refractivity contribution >= 4 is 0 Å². The fraction of sp³-hybridized carbons (Fsp3) is 0.793. The summed E-state index contributed by atoms with van der Waals surface area (Å²) in [7, 11) is 0. The second-order valence-electron chi connectivity index (χ2n) is 12.8. The Balaban J connectivity index is 1.75. The fourth-order valence-corrected chi connectivity index (χ4v) is 6.93. The second kappa shape index (κ2) is 9.39. The molecule has 3 rings (SSSR count). The highest BCUT2D eigenvalue weighted by Gasteiger charge is 2.52. The number of hydrogen-bond donors (Lipinski definition) is 3. The van der Waals surface area contributed by atoms with Gasteiger partial charge < -0.3 is 15.3 Å². The first-order chi connectivity index (χ1) is 14.7. The molecule has 0 aromatic heterocycles. The average molecular weight is 445 g/mol. The lowest BCUT2D eigenvalue weighted by atomic mass is 9.57. The lowest BCUT2D eigenvalue weighted by Gasteiger charge is -2.48. The van der Waals surface area contributed by atoms with Crippen LogP contribution in [0.1, 0.15) is 99.3 Å². The quantitative estimate of drug-likeness (QED) is 0.419. The molecule has 3 N–H and O–H groups in total. The predicted octanol–water partition coefficient (Wildman–Crippen LogP) is 6.34. The van der Waals surface area contributed by atoms with Gasteiger partial charge in [-0.25, -0.2) is 0 Å². The molecule has 0 spiro atoms. The zero-order chi connectivity index (χ0) is 23.9. The molecule has 182 valence electrons. The van der Waals surface area contributed by atoms with Gasteiger partial charge in [0.25, 0.3) is 0 Å². The summed E-state index contributed by atoms with van der Waals surface area (Å²) in [5, 5.41) is 30.6. The second-order valence-corrected chi connectivity index (χ2v) is 12.8. The molecule has 3 aliphatic rings. The molecule has 0 radical (unpaired) electrons. The van der Waals surface area contributed by atoms with Gasteiger partial charge in [-0.15, -0.1) is 0 Å². The maximum atomic E-state index is 10.3. The van der Waals surface area contributed by atoms with Gasteiger partial charge in [0.2, 0.25) is 0 Å². The molecule has 0 aromatic carbocycles. The van der Waals surface area contributed by atoms with Gasteiger partial charge in [0.15, 0.2) is 0 Å². The number of fused-ring (bicyclic) bond motifs is 1. The molecule has 3 aliphatic carbocycles. The first kappa shape index (κ1) is 25.7. The summed E-state index contributed by atoms with van der Waals surface area (Å²) in [6.45, 7) is 17.5. The summed E-state index contributed by atoms with van der Waals surface area (Å²) in [5.41, 5.74) is 3.22. The molecule has 6 atom stereocenters. The summed E-state index contributed by atoms with van der Waals surface area (Å²) in [5.74, 6) is 1.97. The molecule has 3 saturated carbocycles. The van der Waals surface area contributed by atoms with Crippen molar-refractivity contribution in [3.63, 3.8) is 0 Å². The van der Waals surface area contributed by atoms with E-state index in [4.69, 9.17) is 0 Å². The lowest BCUT2D eigenvalue weighted by molar-refractivity contribution is 0.0127. The van der Waals surface area contributed by atoms with Crippen molar-refractivity contribution < 1.29 is 15.3 Å². The molecule has 0 aliphatic heterocycles. The SMILES string of the molecule is C=C1[C@H](O)CC(=C/C=C2\CCC[C@]3(C)[C@@H]([C@@H](C)C(C)(C)CCC(C)(C)O)CC[C@@H]23)C[C@H]1O. The highest BCUT2D eigenvalue weighted by molar-refractivity contribution is 5.29. The maximum Gasteiger partial charge on any atom is 0.0809 e.